The van der Waals surface area contributed by atoms with E-state index < -0.39 is 0 Å². The maximum atomic E-state index is 12.4. The largest absolute Gasteiger partial charge is 0.497 e. The van der Waals surface area contributed by atoms with Gasteiger partial charge in [-0.05, 0) is 35.8 Å². The summed E-state index contributed by atoms with van der Waals surface area (Å²) < 4.78 is 5.26. The molecule has 0 radical (unpaired) electrons. The number of carbonyl (C=O) groups is 1. The normalized spacial score (nSPS) is 28.0. The van der Waals surface area contributed by atoms with E-state index in [1.807, 2.05) is 18.2 Å². The van der Waals surface area contributed by atoms with Crippen LogP contribution in [-0.4, -0.2) is 48.2 Å². The fourth-order valence-electron chi connectivity index (χ4n) is 3.16. The number of hydrogen-bond donors (Lipinski definition) is 2. The number of nitrogens with one attached hydrogen (secondary N) is 2. The Balaban J connectivity index is 1.49. The molecule has 1 amide bonds. The molecular weight excluding hydrogens is 310 g/mol. The molecule has 2 aliphatic heterocycles. The van der Waals surface area contributed by atoms with Gasteiger partial charge in [-0.3, -0.25) is 10.2 Å². The zero-order chi connectivity index (χ0) is 16.2. The maximum Gasteiger partial charge on any atom is 0.233 e. The van der Waals surface area contributed by atoms with Gasteiger partial charge in [-0.25, -0.2) is 5.01 Å². The summed E-state index contributed by atoms with van der Waals surface area (Å²) in [6, 6.07) is 8.27. The van der Waals surface area contributed by atoms with Crippen LogP contribution >= 0.6 is 11.8 Å². The summed E-state index contributed by atoms with van der Waals surface area (Å²) in [4.78, 5) is 12.4. The van der Waals surface area contributed by atoms with Crippen LogP contribution in [0.2, 0.25) is 0 Å². The Bertz CT molecular complexity index is 554. The van der Waals surface area contributed by atoms with Crippen molar-refractivity contribution in [2.24, 2.45) is 5.92 Å². The second-order valence-electron chi connectivity index (χ2n) is 6.36. The third-order valence-corrected chi connectivity index (χ3v) is 6.01. The van der Waals surface area contributed by atoms with Crippen LogP contribution in [0.4, 0.5) is 0 Å². The number of rotatable bonds is 5. The number of carbonyl (C=O) groups excluding carboxylic acids is 1. The highest BCUT2D eigenvalue weighted by Crippen LogP contribution is 2.31. The summed E-state index contributed by atoms with van der Waals surface area (Å²) >= 11 is 1.79. The zero-order valence-corrected chi connectivity index (χ0v) is 14.6. The van der Waals surface area contributed by atoms with Crippen LogP contribution in [0.15, 0.2) is 24.3 Å². The average Bonchev–Trinajstić information content (AvgIpc) is 3.16. The molecule has 0 bridgehead atoms. The minimum atomic E-state index is 0.127. The lowest BCUT2D eigenvalue weighted by Crippen LogP contribution is -2.43. The Labute approximate surface area is 142 Å². The summed E-state index contributed by atoms with van der Waals surface area (Å²) in [5, 5.41) is 5.49. The molecule has 2 saturated heterocycles. The Morgan fingerprint density at radius 2 is 2.39 bits per heavy atom. The van der Waals surface area contributed by atoms with Crippen molar-refractivity contribution in [3.05, 3.63) is 29.8 Å². The van der Waals surface area contributed by atoms with Crippen LogP contribution in [0, 0.1) is 5.92 Å². The smallest absolute Gasteiger partial charge is 0.233 e. The highest BCUT2D eigenvalue weighted by molar-refractivity contribution is 8.00. The predicted octanol–water partition coefficient (Wildman–Crippen LogP) is 1.64. The van der Waals surface area contributed by atoms with Crippen molar-refractivity contribution in [1.29, 1.82) is 0 Å². The Morgan fingerprint density at radius 3 is 3.13 bits per heavy atom. The van der Waals surface area contributed by atoms with Gasteiger partial charge >= 0.3 is 0 Å². The van der Waals surface area contributed by atoms with Gasteiger partial charge < -0.3 is 10.1 Å². The molecule has 2 heterocycles. The fourth-order valence-corrected chi connectivity index (χ4v) is 4.60. The lowest BCUT2D eigenvalue weighted by Gasteiger charge is -2.19. The van der Waals surface area contributed by atoms with E-state index in [-0.39, 0.29) is 17.2 Å². The summed E-state index contributed by atoms with van der Waals surface area (Å²) in [7, 11) is 1.68. The topological polar surface area (TPSA) is 53.6 Å². The van der Waals surface area contributed by atoms with E-state index in [0.717, 1.165) is 37.6 Å². The number of benzene rings is 1. The van der Waals surface area contributed by atoms with E-state index >= 15 is 0 Å². The molecule has 5 nitrogen and oxygen atoms in total. The summed E-state index contributed by atoms with van der Waals surface area (Å²) in [5.74, 6) is 2.67. The molecule has 23 heavy (non-hydrogen) atoms. The SMILES string of the molecule is COc1cccc(CN2CC(NC(=O)C3SCCC3C)CN2)c1. The first kappa shape index (κ1) is 16.6. The third kappa shape index (κ3) is 4.19. The second kappa shape index (κ2) is 7.55. The van der Waals surface area contributed by atoms with Crippen molar-refractivity contribution in [3.63, 3.8) is 0 Å². The van der Waals surface area contributed by atoms with E-state index in [1.165, 1.54) is 5.56 Å². The van der Waals surface area contributed by atoms with E-state index in [4.69, 9.17) is 4.74 Å². The van der Waals surface area contributed by atoms with Crippen LogP contribution in [0.3, 0.4) is 0 Å². The molecule has 1 aromatic carbocycles. The molecule has 126 valence electrons. The van der Waals surface area contributed by atoms with E-state index in [0.29, 0.717) is 5.92 Å². The highest BCUT2D eigenvalue weighted by atomic mass is 32.2. The summed E-state index contributed by atoms with van der Waals surface area (Å²) in [6.45, 7) is 4.60. The molecule has 6 heteroatoms. The lowest BCUT2D eigenvalue weighted by molar-refractivity contribution is -0.121. The van der Waals surface area contributed by atoms with Crippen molar-refractivity contribution in [2.45, 2.75) is 31.2 Å². The number of nitrogens with zero attached hydrogens (tertiary/aromatic N) is 1. The van der Waals surface area contributed by atoms with Crippen molar-refractivity contribution in [1.82, 2.24) is 15.8 Å². The molecule has 3 unspecified atom stereocenters. The Kier molecular flexibility index (Phi) is 5.46. The molecule has 0 aromatic heterocycles. The van der Waals surface area contributed by atoms with E-state index in [2.05, 4.69) is 28.7 Å². The third-order valence-electron chi connectivity index (χ3n) is 4.50. The van der Waals surface area contributed by atoms with Crippen molar-refractivity contribution >= 4 is 17.7 Å². The minimum absolute atomic E-state index is 0.127. The molecule has 2 N–H and O–H groups in total. The molecule has 3 atom stereocenters. The van der Waals surface area contributed by atoms with Crippen LogP contribution in [-0.2, 0) is 11.3 Å². The van der Waals surface area contributed by atoms with Gasteiger partial charge in [0.2, 0.25) is 5.91 Å². The van der Waals surface area contributed by atoms with Crippen molar-refractivity contribution in [3.8, 4) is 5.75 Å². The van der Waals surface area contributed by atoms with Gasteiger partial charge in [-0.15, -0.1) is 11.8 Å². The van der Waals surface area contributed by atoms with Crippen LogP contribution in [0.1, 0.15) is 18.9 Å². The number of amides is 1. The van der Waals surface area contributed by atoms with E-state index in [1.54, 1.807) is 18.9 Å². The fraction of sp³-hybridized carbons (Fsp3) is 0.588. The van der Waals surface area contributed by atoms with Crippen LogP contribution < -0.4 is 15.5 Å². The zero-order valence-electron chi connectivity index (χ0n) is 13.7. The quantitative estimate of drug-likeness (QED) is 0.857. The number of hydrazine groups is 1. The predicted molar refractivity (Wildman–Crippen MR) is 93.4 cm³/mol. The summed E-state index contributed by atoms with van der Waals surface area (Å²) in [5.41, 5.74) is 4.57. The maximum absolute atomic E-state index is 12.4. The van der Waals surface area contributed by atoms with Gasteiger partial charge in [-0.2, -0.15) is 0 Å². The standard InChI is InChI=1S/C17H25N3O2S/c1-12-6-7-23-16(12)17(21)19-14-9-18-20(11-14)10-13-4-3-5-15(8-13)22-2/h3-5,8,12,14,16,18H,6-7,9-11H2,1-2H3,(H,19,21). The lowest BCUT2D eigenvalue weighted by atomic mass is 10.0. The average molecular weight is 335 g/mol. The van der Waals surface area contributed by atoms with Gasteiger partial charge in [0.05, 0.1) is 18.4 Å². The van der Waals surface area contributed by atoms with Gasteiger partial charge in [0.1, 0.15) is 5.75 Å². The molecular formula is C17H25N3O2S. The highest BCUT2D eigenvalue weighted by Gasteiger charge is 2.33. The molecule has 3 rings (SSSR count). The van der Waals surface area contributed by atoms with Crippen molar-refractivity contribution < 1.29 is 9.53 Å². The van der Waals surface area contributed by atoms with Crippen molar-refractivity contribution in [2.75, 3.05) is 26.0 Å². The molecule has 1 aromatic rings. The van der Waals surface area contributed by atoms with Gasteiger partial charge in [0.15, 0.2) is 0 Å². The number of ether oxygens (including phenoxy) is 1. The van der Waals surface area contributed by atoms with E-state index in [9.17, 15) is 4.79 Å². The summed E-state index contributed by atoms with van der Waals surface area (Å²) in [6.07, 6.45) is 1.15. The minimum Gasteiger partial charge on any atom is -0.497 e. The van der Waals surface area contributed by atoms with Crippen LogP contribution in [0.25, 0.3) is 0 Å². The van der Waals surface area contributed by atoms with Gasteiger partial charge in [0.25, 0.3) is 0 Å². The number of thioether (sulfide) groups is 1. The van der Waals surface area contributed by atoms with Crippen LogP contribution in [0.5, 0.6) is 5.75 Å². The molecule has 0 saturated carbocycles. The number of hydrogen-bond acceptors (Lipinski definition) is 5. The van der Waals surface area contributed by atoms with Gasteiger partial charge in [-0.1, -0.05) is 19.1 Å². The number of methoxy groups -OCH3 is 1. The molecule has 2 fully saturated rings. The second-order valence-corrected chi connectivity index (χ2v) is 7.61. The molecule has 0 aliphatic carbocycles. The molecule has 2 aliphatic rings. The molecule has 0 spiro atoms. The Hall–Kier alpha value is -1.24. The first-order valence-electron chi connectivity index (χ1n) is 8.19. The first-order chi connectivity index (χ1) is 11.2. The first-order valence-corrected chi connectivity index (χ1v) is 9.24. The monoisotopic (exact) mass is 335 g/mol. The Morgan fingerprint density at radius 1 is 1.52 bits per heavy atom. The van der Waals surface area contributed by atoms with Gasteiger partial charge in [0, 0.05) is 19.6 Å².